The SMILES string of the molecule is CCCC[C@@H](CCN1CCC(N(OC(=O)C(=O)ON(C(=O)Nc2ccnc3ccc(OC)cc23)C2CCN(CC[C@H](CCCC)C(=O)OCC)CC2)C(=O)Nc2ccnc3ccc(OC)cc23)CC1)C(=O)OCC. The Morgan fingerprint density at radius 3 is 1.32 bits per heavy atom. The first-order valence-corrected chi connectivity index (χ1v) is 26.2. The zero-order valence-electron chi connectivity index (χ0n) is 43.8. The first-order valence-electron chi connectivity index (χ1n) is 26.2. The molecule has 2 aromatic carbocycles. The Kier molecular flexibility index (Phi) is 21.8. The minimum Gasteiger partial charge on any atom is -0.497 e. The summed E-state index contributed by atoms with van der Waals surface area (Å²) in [5, 5.41) is 8.58. The molecule has 4 amide bonds. The van der Waals surface area contributed by atoms with Crippen LogP contribution in [0.15, 0.2) is 60.9 Å². The molecular weight excluding hydrogens is 953 g/mol. The number of aromatic nitrogens is 2. The number of esters is 2. The van der Waals surface area contributed by atoms with Crippen LogP contribution in [-0.4, -0.2) is 145 Å². The summed E-state index contributed by atoms with van der Waals surface area (Å²) >= 11 is 0. The van der Waals surface area contributed by atoms with Crippen molar-refractivity contribution in [3.05, 3.63) is 60.9 Å². The van der Waals surface area contributed by atoms with Crippen LogP contribution in [0.5, 0.6) is 11.5 Å². The first kappa shape index (κ1) is 56.5. The largest absolute Gasteiger partial charge is 0.497 e. The van der Waals surface area contributed by atoms with E-state index in [2.05, 4.69) is 44.2 Å². The summed E-state index contributed by atoms with van der Waals surface area (Å²) in [6, 6.07) is 10.6. The Morgan fingerprint density at radius 2 is 0.973 bits per heavy atom. The lowest BCUT2D eigenvalue weighted by atomic mass is 9.97. The molecule has 4 aromatic rings. The second-order valence-corrected chi connectivity index (χ2v) is 18.7. The third-order valence-electron chi connectivity index (χ3n) is 13.7. The van der Waals surface area contributed by atoms with Crippen molar-refractivity contribution in [2.24, 2.45) is 11.8 Å². The van der Waals surface area contributed by atoms with Crippen molar-refractivity contribution in [3.8, 4) is 11.5 Å². The molecule has 74 heavy (non-hydrogen) atoms. The molecule has 0 unspecified atom stereocenters. The van der Waals surface area contributed by atoms with E-state index in [4.69, 9.17) is 28.6 Å². The molecule has 402 valence electrons. The highest BCUT2D eigenvalue weighted by molar-refractivity contribution is 6.30. The second kappa shape index (κ2) is 28.6. The van der Waals surface area contributed by atoms with Crippen LogP contribution in [0.25, 0.3) is 21.8 Å². The lowest BCUT2D eigenvalue weighted by Crippen LogP contribution is -2.52. The zero-order valence-corrected chi connectivity index (χ0v) is 43.8. The summed E-state index contributed by atoms with van der Waals surface area (Å²) in [7, 11) is 3.05. The summed E-state index contributed by atoms with van der Waals surface area (Å²) in [5.41, 5.74) is 1.84. The number of pyridine rings is 2. The fourth-order valence-electron chi connectivity index (χ4n) is 9.49. The van der Waals surface area contributed by atoms with Gasteiger partial charge in [0.1, 0.15) is 11.5 Å². The van der Waals surface area contributed by atoms with Gasteiger partial charge in [0.15, 0.2) is 0 Å². The van der Waals surface area contributed by atoms with Crippen molar-refractivity contribution in [1.82, 2.24) is 29.9 Å². The maximum Gasteiger partial charge on any atom is 0.444 e. The van der Waals surface area contributed by atoms with Crippen LogP contribution >= 0.6 is 0 Å². The fraction of sp³-hybridized carbons (Fsp3) is 0.556. The summed E-state index contributed by atoms with van der Waals surface area (Å²) in [6.07, 6.45) is 10.9. The Bertz CT molecular complexity index is 2340. The van der Waals surface area contributed by atoms with E-state index >= 15 is 0 Å². The molecule has 20 heteroatoms. The third-order valence-corrected chi connectivity index (χ3v) is 13.7. The molecule has 2 fully saturated rings. The molecule has 2 aliphatic rings. The van der Waals surface area contributed by atoms with Crippen LogP contribution in [0.3, 0.4) is 0 Å². The number of nitrogens with one attached hydrogen (secondary N) is 2. The fourth-order valence-corrected chi connectivity index (χ4v) is 9.49. The van der Waals surface area contributed by atoms with Crippen LogP contribution in [-0.2, 0) is 38.3 Å². The van der Waals surface area contributed by atoms with Gasteiger partial charge in [0, 0.05) is 49.3 Å². The Hall–Kier alpha value is -6.80. The van der Waals surface area contributed by atoms with E-state index in [1.165, 1.54) is 26.6 Å². The summed E-state index contributed by atoms with van der Waals surface area (Å²) in [6.45, 7) is 11.6. The Morgan fingerprint density at radius 1 is 0.581 bits per heavy atom. The molecule has 0 bridgehead atoms. The molecular formula is C54H74N8O12. The molecule has 0 saturated carbocycles. The monoisotopic (exact) mass is 1030 g/mol. The van der Waals surface area contributed by atoms with Gasteiger partial charge in [0.2, 0.25) is 0 Å². The zero-order chi connectivity index (χ0) is 53.0. The van der Waals surface area contributed by atoms with E-state index < -0.39 is 36.1 Å². The van der Waals surface area contributed by atoms with Crippen LogP contribution in [0.1, 0.15) is 105 Å². The van der Waals surface area contributed by atoms with Gasteiger partial charge in [-0.2, -0.15) is 0 Å². The van der Waals surface area contributed by atoms with E-state index in [0.717, 1.165) is 48.7 Å². The predicted octanol–water partition coefficient (Wildman–Crippen LogP) is 8.53. The van der Waals surface area contributed by atoms with E-state index in [0.29, 0.717) is 136 Å². The van der Waals surface area contributed by atoms with Crippen molar-refractivity contribution in [3.63, 3.8) is 0 Å². The molecule has 0 spiro atoms. The first-order chi connectivity index (χ1) is 35.9. The van der Waals surface area contributed by atoms with Crippen LogP contribution in [0.2, 0.25) is 0 Å². The Balaban J connectivity index is 1.21. The van der Waals surface area contributed by atoms with Gasteiger partial charge in [0.25, 0.3) is 0 Å². The molecule has 6 rings (SSSR count). The molecule has 0 aliphatic carbocycles. The highest BCUT2D eigenvalue weighted by Gasteiger charge is 2.38. The number of unbranched alkanes of at least 4 members (excludes halogenated alkanes) is 2. The number of fused-ring (bicyclic) bond motifs is 2. The number of urea groups is 2. The minimum absolute atomic E-state index is 0.203. The number of amides is 4. The van der Waals surface area contributed by atoms with Gasteiger partial charge in [0.05, 0.1) is 73.8 Å². The van der Waals surface area contributed by atoms with E-state index in [1.807, 2.05) is 0 Å². The van der Waals surface area contributed by atoms with Gasteiger partial charge in [-0.3, -0.25) is 19.6 Å². The van der Waals surface area contributed by atoms with Crippen molar-refractivity contribution in [1.29, 1.82) is 0 Å². The molecule has 4 heterocycles. The molecule has 2 saturated heterocycles. The Labute approximate surface area is 433 Å². The smallest absolute Gasteiger partial charge is 0.444 e. The second-order valence-electron chi connectivity index (χ2n) is 18.7. The number of carbonyl (C=O) groups excluding carboxylic acids is 6. The lowest BCUT2D eigenvalue weighted by molar-refractivity contribution is -0.213. The number of piperidine rings is 2. The number of methoxy groups -OCH3 is 2. The summed E-state index contributed by atoms with van der Waals surface area (Å²) in [5.74, 6) is -2.87. The number of ether oxygens (including phenoxy) is 4. The number of carbonyl (C=O) groups is 6. The molecule has 2 N–H and O–H groups in total. The maximum absolute atomic E-state index is 14.4. The van der Waals surface area contributed by atoms with Gasteiger partial charge in [-0.15, -0.1) is 10.1 Å². The minimum atomic E-state index is -1.52. The van der Waals surface area contributed by atoms with Crippen molar-refractivity contribution in [2.45, 2.75) is 117 Å². The highest BCUT2D eigenvalue weighted by Crippen LogP contribution is 2.30. The lowest BCUT2D eigenvalue weighted by Gasteiger charge is -2.38. The van der Waals surface area contributed by atoms with Crippen LogP contribution < -0.4 is 20.1 Å². The number of likely N-dealkylation sites (tertiary alicyclic amines) is 2. The number of rotatable bonds is 22. The molecule has 2 aliphatic heterocycles. The van der Waals surface area contributed by atoms with Gasteiger partial charge < -0.3 is 49.1 Å². The standard InChI is InChI=1S/C54H74N8O12/c1-7-11-13-37(49(63)71-9-3)21-29-59-31-23-39(24-32-59)61(53(67)57-47-19-27-55-45-17-15-41(69-5)35-43(45)47)73-51(65)52(66)74-62(54(68)58-48-20-28-56-46-18-16-42(70-6)36-44(46)48)40-25-33-60(34-26-40)30-22-38(14-12-8-2)50(64)72-10-4/h15-20,27-28,35-40H,7-14,21-26,29-34H2,1-6H3,(H,55,57,67)(H,56,58,68)/t37-,38-/m0/s1. The number of anilines is 2. The molecule has 2 atom stereocenters. The molecule has 20 nitrogen and oxygen atoms in total. The van der Waals surface area contributed by atoms with E-state index in [1.54, 1.807) is 62.4 Å². The average molecular weight is 1030 g/mol. The van der Waals surface area contributed by atoms with Crippen LogP contribution in [0.4, 0.5) is 21.0 Å². The molecule has 0 radical (unpaired) electrons. The van der Waals surface area contributed by atoms with Gasteiger partial charge >= 0.3 is 35.9 Å². The average Bonchev–Trinajstić information content (AvgIpc) is 3.41. The van der Waals surface area contributed by atoms with E-state index in [-0.39, 0.29) is 23.8 Å². The van der Waals surface area contributed by atoms with E-state index in [9.17, 15) is 28.8 Å². The van der Waals surface area contributed by atoms with Gasteiger partial charge in [-0.05, 0) is 127 Å². The highest BCUT2D eigenvalue weighted by atomic mass is 16.8. The van der Waals surface area contributed by atoms with Gasteiger partial charge in [-0.1, -0.05) is 39.5 Å². The van der Waals surface area contributed by atoms with Crippen molar-refractivity contribution >= 4 is 69.1 Å². The van der Waals surface area contributed by atoms with Crippen molar-refractivity contribution in [2.75, 3.05) is 77.3 Å². The van der Waals surface area contributed by atoms with Crippen molar-refractivity contribution < 1.29 is 57.4 Å². The summed E-state index contributed by atoms with van der Waals surface area (Å²) < 4.78 is 21.6. The number of hydroxylamine groups is 4. The number of nitrogens with zero attached hydrogens (tertiary/aromatic N) is 6. The molecule has 2 aromatic heterocycles. The summed E-state index contributed by atoms with van der Waals surface area (Å²) in [4.78, 5) is 107. The number of benzene rings is 2. The topological polar surface area (TPSA) is 221 Å². The number of hydrogen-bond donors (Lipinski definition) is 2. The van der Waals surface area contributed by atoms with Crippen LogP contribution in [0, 0.1) is 11.8 Å². The van der Waals surface area contributed by atoms with Gasteiger partial charge in [-0.25, -0.2) is 19.2 Å². The number of hydrogen-bond acceptors (Lipinski definition) is 16. The predicted molar refractivity (Wildman–Crippen MR) is 278 cm³/mol. The maximum atomic E-state index is 14.4. The third kappa shape index (κ3) is 15.6. The normalized spacial score (nSPS) is 15.4. The quantitative estimate of drug-likeness (QED) is 0.0428.